The molecule has 0 fully saturated rings. The second kappa shape index (κ2) is 14.0. The number of nitrogens with zero attached hydrogens (tertiary/aromatic N) is 2. The average molecular weight is 573 g/mol. The first-order chi connectivity index (χ1) is 19.9. The SMILES string of the molecule is Cc1cc(C(C(=O)NCc2ccccc2)N(CC#N)C(=O)C(Cc2ccc(O)cc2)NC(=O)OC(C)(C)C)ccc1O. The molecule has 0 saturated heterocycles. The van der Waals surface area contributed by atoms with Crippen molar-refractivity contribution in [2.45, 2.75) is 58.3 Å². The van der Waals surface area contributed by atoms with Crippen LogP contribution < -0.4 is 10.6 Å². The zero-order chi connectivity index (χ0) is 30.9. The van der Waals surface area contributed by atoms with Crippen molar-refractivity contribution >= 4 is 17.9 Å². The molecular weight excluding hydrogens is 536 g/mol. The van der Waals surface area contributed by atoms with Crippen molar-refractivity contribution in [1.82, 2.24) is 15.5 Å². The third kappa shape index (κ3) is 8.99. The van der Waals surface area contributed by atoms with E-state index in [0.717, 1.165) is 10.5 Å². The number of alkyl carbamates (subject to hydrolysis) is 1. The fourth-order valence-electron chi connectivity index (χ4n) is 4.29. The predicted octanol–water partition coefficient (Wildman–Crippen LogP) is 4.25. The van der Waals surface area contributed by atoms with E-state index in [2.05, 4.69) is 10.6 Å². The van der Waals surface area contributed by atoms with Crippen molar-refractivity contribution in [3.05, 3.63) is 95.1 Å². The van der Waals surface area contributed by atoms with Gasteiger partial charge in [-0.2, -0.15) is 5.26 Å². The Morgan fingerprint density at radius 2 is 1.64 bits per heavy atom. The topological polar surface area (TPSA) is 152 Å². The number of nitriles is 1. The Morgan fingerprint density at radius 1 is 0.976 bits per heavy atom. The molecule has 10 nitrogen and oxygen atoms in total. The highest BCUT2D eigenvalue weighted by Gasteiger charge is 2.36. The summed E-state index contributed by atoms with van der Waals surface area (Å²) in [5.41, 5.74) is 1.46. The lowest BCUT2D eigenvalue weighted by Gasteiger charge is -2.33. The molecule has 2 unspecified atom stereocenters. The Balaban J connectivity index is 2.02. The summed E-state index contributed by atoms with van der Waals surface area (Å²) < 4.78 is 5.39. The van der Waals surface area contributed by atoms with Crippen molar-refractivity contribution in [1.29, 1.82) is 5.26 Å². The van der Waals surface area contributed by atoms with Crippen LogP contribution in [0.15, 0.2) is 72.8 Å². The Kier molecular flexibility index (Phi) is 10.5. The molecule has 0 aliphatic heterocycles. The molecule has 220 valence electrons. The summed E-state index contributed by atoms with van der Waals surface area (Å²) in [5, 5.41) is 35.0. The maximum Gasteiger partial charge on any atom is 0.408 e. The Labute approximate surface area is 245 Å². The van der Waals surface area contributed by atoms with E-state index in [1.165, 1.54) is 24.3 Å². The van der Waals surface area contributed by atoms with Crippen LogP contribution in [0.25, 0.3) is 0 Å². The van der Waals surface area contributed by atoms with Crippen LogP contribution in [-0.2, 0) is 27.3 Å². The van der Waals surface area contributed by atoms with Crippen LogP contribution in [0.1, 0.15) is 49.1 Å². The van der Waals surface area contributed by atoms with Gasteiger partial charge in [0.1, 0.15) is 35.7 Å². The summed E-state index contributed by atoms with van der Waals surface area (Å²) in [7, 11) is 0. The number of rotatable bonds is 10. The Morgan fingerprint density at radius 3 is 2.24 bits per heavy atom. The first-order valence-corrected chi connectivity index (χ1v) is 13.4. The normalized spacial score (nSPS) is 12.4. The second-order valence-electron chi connectivity index (χ2n) is 10.8. The van der Waals surface area contributed by atoms with Gasteiger partial charge in [-0.3, -0.25) is 9.59 Å². The highest BCUT2D eigenvalue weighted by molar-refractivity contribution is 5.92. The third-order valence-corrected chi connectivity index (χ3v) is 6.30. The van der Waals surface area contributed by atoms with E-state index in [-0.39, 0.29) is 24.5 Å². The summed E-state index contributed by atoms with van der Waals surface area (Å²) in [6.07, 6.45) is -0.852. The average Bonchev–Trinajstić information content (AvgIpc) is 2.93. The van der Waals surface area contributed by atoms with E-state index >= 15 is 0 Å². The van der Waals surface area contributed by atoms with Crippen LogP contribution >= 0.6 is 0 Å². The predicted molar refractivity (Wildman–Crippen MR) is 156 cm³/mol. The van der Waals surface area contributed by atoms with Crippen molar-refractivity contribution < 1.29 is 29.3 Å². The summed E-state index contributed by atoms with van der Waals surface area (Å²) >= 11 is 0. The van der Waals surface area contributed by atoms with E-state index in [1.807, 2.05) is 36.4 Å². The zero-order valence-corrected chi connectivity index (χ0v) is 24.1. The van der Waals surface area contributed by atoms with Gasteiger partial charge in [-0.25, -0.2) is 4.79 Å². The molecule has 3 amide bonds. The third-order valence-electron chi connectivity index (χ3n) is 6.30. The molecule has 0 aromatic heterocycles. The van der Waals surface area contributed by atoms with Crippen molar-refractivity contribution in [3.8, 4) is 17.6 Å². The number of carbonyl (C=O) groups excluding carboxylic acids is 3. The number of phenolic OH excluding ortho intramolecular Hbond substituents is 2. The van der Waals surface area contributed by atoms with Crippen molar-refractivity contribution in [2.24, 2.45) is 0 Å². The number of hydrogen-bond acceptors (Lipinski definition) is 7. The molecule has 2 atom stereocenters. The zero-order valence-electron chi connectivity index (χ0n) is 24.1. The lowest BCUT2D eigenvalue weighted by Crippen LogP contribution is -2.53. The molecule has 0 bridgehead atoms. The van der Waals surface area contributed by atoms with Gasteiger partial charge in [-0.15, -0.1) is 0 Å². The molecule has 3 rings (SSSR count). The quantitative estimate of drug-likeness (QED) is 0.265. The number of ether oxygens (including phenoxy) is 1. The lowest BCUT2D eigenvalue weighted by molar-refractivity contribution is -0.141. The minimum absolute atomic E-state index is 0.00670. The molecule has 4 N–H and O–H groups in total. The lowest BCUT2D eigenvalue weighted by atomic mass is 9.98. The summed E-state index contributed by atoms with van der Waals surface area (Å²) in [4.78, 5) is 41.8. The van der Waals surface area contributed by atoms with Crippen LogP contribution in [0.4, 0.5) is 4.79 Å². The smallest absolute Gasteiger partial charge is 0.408 e. The van der Waals surface area contributed by atoms with Crippen molar-refractivity contribution in [2.75, 3.05) is 6.54 Å². The standard InChI is InChI=1S/C32H36N4O6/c1-21-18-24(12-15-27(21)38)28(29(39)34-20-23-8-6-5-7-9-23)36(17-16-33)30(40)26(35-31(41)42-32(2,3)4)19-22-10-13-25(37)14-11-22/h5-15,18,26,28,37-38H,17,19-20H2,1-4H3,(H,34,39)(H,35,41). The summed E-state index contributed by atoms with van der Waals surface area (Å²) in [6, 6.07) is 19.3. The molecular formula is C32H36N4O6. The molecule has 0 saturated carbocycles. The van der Waals surface area contributed by atoms with Gasteiger partial charge in [-0.1, -0.05) is 48.5 Å². The number of hydrogen-bond donors (Lipinski definition) is 4. The Hall–Kier alpha value is -5.04. The number of amides is 3. The first kappa shape index (κ1) is 31.5. The molecule has 10 heteroatoms. The largest absolute Gasteiger partial charge is 0.508 e. The molecule has 0 heterocycles. The van der Waals surface area contributed by atoms with Crippen LogP contribution in [0.2, 0.25) is 0 Å². The highest BCUT2D eigenvalue weighted by Crippen LogP contribution is 2.27. The van der Waals surface area contributed by atoms with Crippen LogP contribution in [0.3, 0.4) is 0 Å². The summed E-state index contributed by atoms with van der Waals surface area (Å²) in [6.45, 7) is 6.42. The van der Waals surface area contributed by atoms with Gasteiger partial charge in [0.25, 0.3) is 0 Å². The molecule has 0 aliphatic rings. The number of phenols is 2. The first-order valence-electron chi connectivity index (χ1n) is 13.4. The minimum atomic E-state index is -1.26. The van der Waals surface area contributed by atoms with Crippen molar-refractivity contribution in [3.63, 3.8) is 0 Å². The van der Waals surface area contributed by atoms with Gasteiger partial charge in [0.05, 0.1) is 6.07 Å². The molecule has 0 radical (unpaired) electrons. The second-order valence-corrected chi connectivity index (χ2v) is 10.8. The molecule has 42 heavy (non-hydrogen) atoms. The van der Waals surface area contributed by atoms with Gasteiger partial charge in [0.2, 0.25) is 11.8 Å². The van der Waals surface area contributed by atoms with E-state index in [0.29, 0.717) is 16.7 Å². The van der Waals surface area contributed by atoms with Gasteiger partial charge >= 0.3 is 6.09 Å². The van der Waals surface area contributed by atoms with Crippen LogP contribution in [0, 0.1) is 18.3 Å². The summed E-state index contributed by atoms with van der Waals surface area (Å²) in [5.74, 6) is -1.20. The van der Waals surface area contributed by atoms with Gasteiger partial charge in [-0.05, 0) is 74.2 Å². The van der Waals surface area contributed by atoms with Gasteiger partial charge in [0.15, 0.2) is 0 Å². The number of benzene rings is 3. The molecule has 3 aromatic carbocycles. The van der Waals surface area contributed by atoms with Gasteiger partial charge in [0, 0.05) is 13.0 Å². The van der Waals surface area contributed by atoms with E-state index in [9.17, 15) is 29.9 Å². The number of carbonyl (C=O) groups is 3. The number of aryl methyl sites for hydroxylation is 1. The number of nitrogens with one attached hydrogen (secondary N) is 2. The maximum absolute atomic E-state index is 14.2. The molecule has 3 aromatic rings. The van der Waals surface area contributed by atoms with E-state index < -0.39 is 42.1 Å². The van der Waals surface area contributed by atoms with Crippen LogP contribution in [-0.4, -0.2) is 51.2 Å². The van der Waals surface area contributed by atoms with E-state index in [4.69, 9.17) is 4.74 Å². The fraction of sp³-hybridized carbons (Fsp3) is 0.312. The fourth-order valence-corrected chi connectivity index (χ4v) is 4.29. The molecule has 0 aliphatic carbocycles. The maximum atomic E-state index is 14.2. The molecule has 0 spiro atoms. The minimum Gasteiger partial charge on any atom is -0.508 e. The Bertz CT molecular complexity index is 1430. The monoisotopic (exact) mass is 572 g/mol. The van der Waals surface area contributed by atoms with Gasteiger partial charge < -0.3 is 30.5 Å². The van der Waals surface area contributed by atoms with Crippen LogP contribution in [0.5, 0.6) is 11.5 Å². The highest BCUT2D eigenvalue weighted by atomic mass is 16.6. The van der Waals surface area contributed by atoms with E-state index in [1.54, 1.807) is 45.9 Å². The number of aromatic hydroxyl groups is 2.